The fourth-order valence-electron chi connectivity index (χ4n) is 2.78. The largest absolute Gasteiger partial charge is 0.342 e. The Morgan fingerprint density at radius 3 is 2.70 bits per heavy atom. The first kappa shape index (κ1) is 12.9. The van der Waals surface area contributed by atoms with Gasteiger partial charge in [-0.25, -0.2) is 0 Å². The summed E-state index contributed by atoms with van der Waals surface area (Å²) < 4.78 is 0. The summed E-state index contributed by atoms with van der Waals surface area (Å²) in [5, 5.41) is 2.07. The van der Waals surface area contributed by atoms with Crippen molar-refractivity contribution in [2.75, 3.05) is 13.1 Å². The molecule has 20 heavy (non-hydrogen) atoms. The zero-order valence-electron chi connectivity index (χ0n) is 11.3. The summed E-state index contributed by atoms with van der Waals surface area (Å²) in [6.45, 7) is 1.34. The predicted octanol–water partition coefficient (Wildman–Crippen LogP) is 3.04. The van der Waals surface area contributed by atoms with Gasteiger partial charge in [0, 0.05) is 31.5 Å². The molecule has 1 heterocycles. The van der Waals surface area contributed by atoms with E-state index in [4.69, 9.17) is 0 Å². The van der Waals surface area contributed by atoms with Crippen molar-refractivity contribution in [3.05, 3.63) is 48.0 Å². The summed E-state index contributed by atoms with van der Waals surface area (Å²) in [7, 11) is 0. The van der Waals surface area contributed by atoms with Gasteiger partial charge in [-0.05, 0) is 17.2 Å². The maximum atomic E-state index is 12.4. The number of benzene rings is 2. The number of rotatable bonds is 4. The Labute approximate surface area is 118 Å². The van der Waals surface area contributed by atoms with E-state index in [1.165, 1.54) is 0 Å². The Bertz CT molecular complexity index is 658. The van der Waals surface area contributed by atoms with Gasteiger partial charge in [0.2, 0.25) is 5.91 Å². The number of nitrogens with zero attached hydrogens (tertiary/aromatic N) is 1. The quantitative estimate of drug-likeness (QED) is 0.798. The Kier molecular flexibility index (Phi) is 3.50. The highest BCUT2D eigenvalue weighted by molar-refractivity contribution is 6.08. The smallest absolute Gasteiger partial charge is 0.222 e. The highest BCUT2D eigenvalue weighted by atomic mass is 16.2. The number of fused-ring (bicyclic) bond motifs is 1. The standard InChI is InChI=1S/C17H17NO2/c19-16(10-12-18-11-4-9-17(18)20)15-8-3-6-13-5-1-2-7-14(13)15/h1-3,5-8H,4,9-12H2. The summed E-state index contributed by atoms with van der Waals surface area (Å²) in [4.78, 5) is 25.7. The first-order chi connectivity index (χ1) is 9.75. The molecule has 3 nitrogen and oxygen atoms in total. The van der Waals surface area contributed by atoms with Crippen molar-refractivity contribution < 1.29 is 9.59 Å². The average molecular weight is 267 g/mol. The number of carbonyl (C=O) groups excluding carboxylic acids is 2. The van der Waals surface area contributed by atoms with Gasteiger partial charge in [-0.1, -0.05) is 42.5 Å². The van der Waals surface area contributed by atoms with Crippen molar-refractivity contribution in [3.8, 4) is 0 Å². The number of amides is 1. The lowest BCUT2D eigenvalue weighted by Gasteiger charge is -2.15. The van der Waals surface area contributed by atoms with Gasteiger partial charge >= 0.3 is 0 Å². The molecule has 102 valence electrons. The molecule has 1 fully saturated rings. The molecule has 0 bridgehead atoms. The van der Waals surface area contributed by atoms with E-state index in [2.05, 4.69) is 0 Å². The molecule has 0 aromatic heterocycles. The highest BCUT2D eigenvalue weighted by Crippen LogP contribution is 2.20. The molecule has 0 radical (unpaired) electrons. The molecule has 0 spiro atoms. The Hall–Kier alpha value is -2.16. The average Bonchev–Trinajstić information content (AvgIpc) is 2.89. The molecule has 1 aliphatic rings. The van der Waals surface area contributed by atoms with E-state index in [0.717, 1.165) is 29.3 Å². The van der Waals surface area contributed by atoms with Crippen LogP contribution in [0.4, 0.5) is 0 Å². The van der Waals surface area contributed by atoms with Crippen LogP contribution in [0.2, 0.25) is 0 Å². The van der Waals surface area contributed by atoms with Gasteiger partial charge in [0.25, 0.3) is 0 Å². The van der Waals surface area contributed by atoms with Gasteiger partial charge in [-0.2, -0.15) is 0 Å². The van der Waals surface area contributed by atoms with Crippen molar-refractivity contribution in [1.82, 2.24) is 4.90 Å². The minimum Gasteiger partial charge on any atom is -0.342 e. The van der Waals surface area contributed by atoms with E-state index in [1.54, 1.807) is 4.90 Å². The van der Waals surface area contributed by atoms with E-state index in [9.17, 15) is 9.59 Å². The van der Waals surface area contributed by atoms with Crippen LogP contribution in [0.3, 0.4) is 0 Å². The summed E-state index contributed by atoms with van der Waals surface area (Å²) in [5.74, 6) is 0.289. The van der Waals surface area contributed by atoms with Crippen LogP contribution >= 0.6 is 0 Å². The molecule has 0 atom stereocenters. The third kappa shape index (κ3) is 2.44. The normalized spacial score (nSPS) is 15.0. The van der Waals surface area contributed by atoms with Crippen molar-refractivity contribution in [1.29, 1.82) is 0 Å². The fourth-order valence-corrected chi connectivity index (χ4v) is 2.78. The molecule has 1 saturated heterocycles. The molecule has 0 saturated carbocycles. The van der Waals surface area contributed by atoms with E-state index in [-0.39, 0.29) is 11.7 Å². The maximum absolute atomic E-state index is 12.4. The lowest BCUT2D eigenvalue weighted by Crippen LogP contribution is -2.27. The molecule has 0 aliphatic carbocycles. The van der Waals surface area contributed by atoms with Crippen molar-refractivity contribution in [2.45, 2.75) is 19.3 Å². The van der Waals surface area contributed by atoms with Crippen LogP contribution in [0.1, 0.15) is 29.6 Å². The molecule has 2 aromatic rings. The zero-order chi connectivity index (χ0) is 13.9. The summed E-state index contributed by atoms with van der Waals surface area (Å²) >= 11 is 0. The predicted molar refractivity (Wildman–Crippen MR) is 78.7 cm³/mol. The third-order valence-electron chi connectivity index (χ3n) is 3.87. The van der Waals surface area contributed by atoms with Crippen LogP contribution in [0, 0.1) is 0 Å². The maximum Gasteiger partial charge on any atom is 0.222 e. The van der Waals surface area contributed by atoms with Crippen molar-refractivity contribution in [2.24, 2.45) is 0 Å². The number of carbonyl (C=O) groups is 2. The number of Topliss-reactive ketones (excluding diaryl/α,β-unsaturated/α-hetero) is 1. The Balaban J connectivity index is 1.77. The lowest BCUT2D eigenvalue weighted by molar-refractivity contribution is -0.127. The molecule has 1 amide bonds. The van der Waals surface area contributed by atoms with Gasteiger partial charge in [-0.3, -0.25) is 9.59 Å². The van der Waals surface area contributed by atoms with E-state index < -0.39 is 0 Å². The van der Waals surface area contributed by atoms with Crippen LogP contribution in [0.5, 0.6) is 0 Å². The van der Waals surface area contributed by atoms with Crippen molar-refractivity contribution in [3.63, 3.8) is 0 Å². The second-order valence-electron chi connectivity index (χ2n) is 5.18. The third-order valence-corrected chi connectivity index (χ3v) is 3.87. The Morgan fingerprint density at radius 1 is 1.10 bits per heavy atom. The number of hydrogen-bond acceptors (Lipinski definition) is 2. The van der Waals surface area contributed by atoms with Crippen LogP contribution in [0.15, 0.2) is 42.5 Å². The minimum absolute atomic E-state index is 0.113. The molecule has 2 aromatic carbocycles. The van der Waals surface area contributed by atoms with Crippen LogP contribution in [-0.4, -0.2) is 29.7 Å². The first-order valence-electron chi connectivity index (χ1n) is 7.04. The summed E-state index contributed by atoms with van der Waals surface area (Å²) in [5.41, 5.74) is 0.759. The Morgan fingerprint density at radius 2 is 1.90 bits per heavy atom. The van der Waals surface area contributed by atoms with Crippen LogP contribution in [0.25, 0.3) is 10.8 Å². The van der Waals surface area contributed by atoms with Gasteiger partial charge < -0.3 is 4.90 Å². The topological polar surface area (TPSA) is 37.4 Å². The zero-order valence-corrected chi connectivity index (χ0v) is 11.3. The van der Waals surface area contributed by atoms with Crippen molar-refractivity contribution >= 4 is 22.5 Å². The molecular weight excluding hydrogens is 250 g/mol. The molecule has 0 N–H and O–H groups in total. The molecule has 1 aliphatic heterocycles. The van der Waals surface area contributed by atoms with E-state index >= 15 is 0 Å². The highest BCUT2D eigenvalue weighted by Gasteiger charge is 2.21. The minimum atomic E-state index is 0.113. The summed E-state index contributed by atoms with van der Waals surface area (Å²) in [6, 6.07) is 13.7. The van der Waals surface area contributed by atoms with Gasteiger partial charge in [0.15, 0.2) is 5.78 Å². The van der Waals surface area contributed by atoms with E-state index in [1.807, 2.05) is 42.5 Å². The van der Waals surface area contributed by atoms with Gasteiger partial charge in [-0.15, -0.1) is 0 Å². The second kappa shape index (κ2) is 5.45. The number of ketones is 1. The van der Waals surface area contributed by atoms with E-state index in [0.29, 0.717) is 19.4 Å². The molecule has 3 heteroatoms. The lowest BCUT2D eigenvalue weighted by atomic mass is 10.00. The second-order valence-corrected chi connectivity index (χ2v) is 5.18. The van der Waals surface area contributed by atoms with Gasteiger partial charge in [0.05, 0.1) is 0 Å². The first-order valence-corrected chi connectivity index (χ1v) is 7.04. The monoisotopic (exact) mass is 267 g/mol. The molecular formula is C17H17NO2. The van der Waals surface area contributed by atoms with Gasteiger partial charge in [0.1, 0.15) is 0 Å². The summed E-state index contributed by atoms with van der Waals surface area (Å²) in [6.07, 6.45) is 1.95. The number of hydrogen-bond donors (Lipinski definition) is 0. The fraction of sp³-hybridized carbons (Fsp3) is 0.294. The molecule has 3 rings (SSSR count). The van der Waals surface area contributed by atoms with Crippen LogP contribution < -0.4 is 0 Å². The molecule has 0 unspecified atom stereocenters. The SMILES string of the molecule is O=C(CCN1CCCC1=O)c1cccc2ccccc12. The van der Waals surface area contributed by atoms with Crippen LogP contribution in [-0.2, 0) is 4.79 Å². The number of likely N-dealkylation sites (tertiary alicyclic amines) is 1.